The maximum Gasteiger partial charge on any atom is 0.161 e. The van der Waals surface area contributed by atoms with Crippen LogP contribution in [0.3, 0.4) is 0 Å². The number of carbonyl (C=O) groups excluding carboxylic acids is 1. The molecule has 0 amide bonds. The molecule has 0 radical (unpaired) electrons. The molecular formula is C15H24O3. The van der Waals surface area contributed by atoms with E-state index in [1.807, 2.05) is 20.8 Å². The molecule has 0 spiro atoms. The Labute approximate surface area is 109 Å². The first-order chi connectivity index (χ1) is 8.15. The van der Waals surface area contributed by atoms with E-state index in [1.165, 1.54) is 0 Å². The molecule has 18 heavy (non-hydrogen) atoms. The maximum atomic E-state index is 12.2. The second kappa shape index (κ2) is 4.17. The molecule has 2 aliphatic rings. The van der Waals surface area contributed by atoms with E-state index in [2.05, 4.69) is 0 Å². The molecule has 3 heteroatoms. The summed E-state index contributed by atoms with van der Waals surface area (Å²) in [4.78, 5) is 12.2. The van der Waals surface area contributed by atoms with Crippen LogP contribution in [0.25, 0.3) is 0 Å². The maximum absolute atomic E-state index is 12.2. The molecule has 102 valence electrons. The highest BCUT2D eigenvalue weighted by Gasteiger charge is 2.53. The van der Waals surface area contributed by atoms with Gasteiger partial charge in [0.15, 0.2) is 5.78 Å². The summed E-state index contributed by atoms with van der Waals surface area (Å²) in [6.07, 6.45) is 2.30. The molecule has 2 fully saturated rings. The summed E-state index contributed by atoms with van der Waals surface area (Å²) in [5.41, 5.74) is 0.0727. The lowest BCUT2D eigenvalue weighted by atomic mass is 9.76. The predicted molar refractivity (Wildman–Crippen MR) is 70.1 cm³/mol. The molecule has 3 nitrogen and oxygen atoms in total. The Morgan fingerprint density at radius 3 is 2.33 bits per heavy atom. The third-order valence-corrected chi connectivity index (χ3v) is 4.93. The van der Waals surface area contributed by atoms with Gasteiger partial charge in [-0.3, -0.25) is 4.79 Å². The molecule has 2 N–H and O–H groups in total. The van der Waals surface area contributed by atoms with Gasteiger partial charge < -0.3 is 10.2 Å². The van der Waals surface area contributed by atoms with Gasteiger partial charge in [0.05, 0.1) is 11.2 Å². The molecule has 2 rings (SSSR count). The fourth-order valence-corrected chi connectivity index (χ4v) is 3.75. The topological polar surface area (TPSA) is 57.5 Å². The second-order valence-electron chi connectivity index (χ2n) is 6.75. The van der Waals surface area contributed by atoms with Crippen LogP contribution in [0.1, 0.15) is 53.4 Å². The molecular weight excluding hydrogens is 228 g/mol. The van der Waals surface area contributed by atoms with Crippen molar-refractivity contribution in [3.8, 4) is 0 Å². The van der Waals surface area contributed by atoms with Crippen molar-refractivity contribution in [3.05, 3.63) is 11.1 Å². The molecule has 0 aromatic rings. The first-order valence-corrected chi connectivity index (χ1v) is 6.79. The van der Waals surface area contributed by atoms with Crippen molar-refractivity contribution >= 4 is 5.78 Å². The third kappa shape index (κ3) is 2.14. The Bertz CT molecular complexity index is 400. The molecule has 2 saturated carbocycles. The van der Waals surface area contributed by atoms with E-state index in [4.69, 9.17) is 0 Å². The van der Waals surface area contributed by atoms with Gasteiger partial charge in [-0.15, -0.1) is 0 Å². The highest BCUT2D eigenvalue weighted by Crippen LogP contribution is 2.51. The molecule has 0 aliphatic heterocycles. The SMILES string of the molecule is CC(C)=C1C[C@H]2[C@@H](CC[C@]2(C)O)[C@](C)(O)CC1=O. The third-order valence-electron chi connectivity index (χ3n) is 4.93. The summed E-state index contributed by atoms with van der Waals surface area (Å²) in [6.45, 7) is 7.46. The van der Waals surface area contributed by atoms with Crippen LogP contribution in [0.15, 0.2) is 11.1 Å². The lowest BCUT2D eigenvalue weighted by molar-refractivity contribution is -0.121. The molecule has 0 heterocycles. The highest BCUT2D eigenvalue weighted by atomic mass is 16.3. The quantitative estimate of drug-likeness (QED) is 0.650. The Hall–Kier alpha value is -0.670. The zero-order valence-electron chi connectivity index (χ0n) is 11.8. The fraction of sp³-hybridized carbons (Fsp3) is 0.800. The van der Waals surface area contributed by atoms with E-state index >= 15 is 0 Å². The highest BCUT2D eigenvalue weighted by molar-refractivity contribution is 5.97. The standard InChI is InChI=1S/C15H24O3/c1-9(2)10-7-12-11(5-6-14(12,3)17)15(4,18)8-13(10)16/h11-12,17-18H,5-8H2,1-4H3/t11-,12+,14+,15-/m1/s1. The van der Waals surface area contributed by atoms with Gasteiger partial charge in [-0.2, -0.15) is 0 Å². The van der Waals surface area contributed by atoms with Crippen LogP contribution in [0.5, 0.6) is 0 Å². The number of Topliss-reactive ketones (excluding diaryl/α,β-unsaturated/α-hetero) is 1. The molecule has 2 aliphatic carbocycles. The van der Waals surface area contributed by atoms with Crippen molar-refractivity contribution in [2.75, 3.05) is 0 Å². The van der Waals surface area contributed by atoms with Crippen molar-refractivity contribution in [3.63, 3.8) is 0 Å². The van der Waals surface area contributed by atoms with Crippen molar-refractivity contribution in [2.24, 2.45) is 11.8 Å². The van der Waals surface area contributed by atoms with Crippen molar-refractivity contribution in [1.29, 1.82) is 0 Å². The monoisotopic (exact) mass is 252 g/mol. The van der Waals surface area contributed by atoms with Crippen molar-refractivity contribution in [1.82, 2.24) is 0 Å². The number of hydrogen-bond acceptors (Lipinski definition) is 3. The molecule has 0 saturated heterocycles. The fourth-order valence-electron chi connectivity index (χ4n) is 3.75. The van der Waals surface area contributed by atoms with E-state index < -0.39 is 11.2 Å². The van der Waals surface area contributed by atoms with Crippen LogP contribution >= 0.6 is 0 Å². The van der Waals surface area contributed by atoms with Crippen molar-refractivity contribution < 1.29 is 15.0 Å². The number of carbonyl (C=O) groups is 1. The lowest BCUT2D eigenvalue weighted by Crippen LogP contribution is -2.41. The van der Waals surface area contributed by atoms with Crippen LogP contribution < -0.4 is 0 Å². The van der Waals surface area contributed by atoms with Gasteiger partial charge in [0.2, 0.25) is 0 Å². The van der Waals surface area contributed by atoms with E-state index in [0.29, 0.717) is 12.8 Å². The van der Waals surface area contributed by atoms with E-state index in [0.717, 1.165) is 17.6 Å². The Morgan fingerprint density at radius 1 is 1.17 bits per heavy atom. The normalized spacial score (nSPS) is 44.8. The van der Waals surface area contributed by atoms with Gasteiger partial charge in [-0.05, 0) is 64.4 Å². The summed E-state index contributed by atoms with van der Waals surface area (Å²) in [6, 6.07) is 0. The Kier molecular flexibility index (Phi) is 3.19. The summed E-state index contributed by atoms with van der Waals surface area (Å²) in [7, 11) is 0. The average molecular weight is 252 g/mol. The minimum atomic E-state index is -0.987. The van der Waals surface area contributed by atoms with Crippen LogP contribution in [0, 0.1) is 11.8 Å². The minimum absolute atomic E-state index is 0.0103. The summed E-state index contributed by atoms with van der Waals surface area (Å²) in [5, 5.41) is 21.1. The first-order valence-electron chi connectivity index (χ1n) is 6.79. The molecule has 0 aromatic heterocycles. The molecule has 0 bridgehead atoms. The predicted octanol–water partition coefficient (Wildman–Crippen LogP) is 2.21. The number of hydrogen-bond donors (Lipinski definition) is 2. The molecule has 0 unspecified atom stereocenters. The lowest BCUT2D eigenvalue weighted by Gasteiger charge is -2.34. The summed E-state index contributed by atoms with van der Waals surface area (Å²) >= 11 is 0. The van der Waals surface area contributed by atoms with E-state index in [1.54, 1.807) is 6.92 Å². The largest absolute Gasteiger partial charge is 0.390 e. The Balaban J connectivity index is 2.45. The minimum Gasteiger partial charge on any atom is -0.390 e. The number of fused-ring (bicyclic) bond motifs is 1. The Morgan fingerprint density at radius 2 is 1.78 bits per heavy atom. The van der Waals surface area contributed by atoms with Gasteiger partial charge in [-0.25, -0.2) is 0 Å². The van der Waals surface area contributed by atoms with E-state index in [-0.39, 0.29) is 24.0 Å². The first kappa shape index (κ1) is 13.8. The van der Waals surface area contributed by atoms with Gasteiger partial charge in [0.1, 0.15) is 0 Å². The van der Waals surface area contributed by atoms with Gasteiger partial charge in [0, 0.05) is 6.42 Å². The summed E-state index contributed by atoms with van der Waals surface area (Å²) < 4.78 is 0. The molecule has 0 aromatic carbocycles. The van der Waals surface area contributed by atoms with Crippen LogP contribution in [0.2, 0.25) is 0 Å². The van der Waals surface area contributed by atoms with Crippen LogP contribution in [-0.2, 0) is 4.79 Å². The van der Waals surface area contributed by atoms with E-state index in [9.17, 15) is 15.0 Å². The zero-order valence-corrected chi connectivity index (χ0v) is 11.8. The molecule has 4 atom stereocenters. The average Bonchev–Trinajstić information content (AvgIpc) is 2.43. The second-order valence-corrected chi connectivity index (χ2v) is 6.75. The smallest absolute Gasteiger partial charge is 0.161 e. The van der Waals surface area contributed by atoms with Crippen LogP contribution in [-0.4, -0.2) is 27.2 Å². The number of allylic oxidation sites excluding steroid dienone is 2. The number of ketones is 1. The summed E-state index contributed by atoms with van der Waals surface area (Å²) in [5.74, 6) is 0.0577. The number of aliphatic hydroxyl groups is 2. The number of rotatable bonds is 0. The zero-order chi connectivity index (χ0) is 13.7. The van der Waals surface area contributed by atoms with Crippen LogP contribution in [0.4, 0.5) is 0 Å². The van der Waals surface area contributed by atoms with Gasteiger partial charge in [-0.1, -0.05) is 5.57 Å². The van der Waals surface area contributed by atoms with Crippen molar-refractivity contribution in [2.45, 2.75) is 64.6 Å². The van der Waals surface area contributed by atoms with Gasteiger partial charge >= 0.3 is 0 Å². The van der Waals surface area contributed by atoms with Gasteiger partial charge in [0.25, 0.3) is 0 Å².